The molecule has 0 amide bonds. The lowest BCUT2D eigenvalue weighted by atomic mass is 10.1. The molecule has 0 rings (SSSR count). The fourth-order valence-electron chi connectivity index (χ4n) is 1.03. The third-order valence-electron chi connectivity index (χ3n) is 1.71. The SMILES string of the molecule is CCCCCCCCC.OCl. The lowest BCUT2D eigenvalue weighted by molar-refractivity contribution is 0.602. The first kappa shape index (κ1) is 13.8. The lowest BCUT2D eigenvalue weighted by Gasteiger charge is -1.96. The summed E-state index contributed by atoms with van der Waals surface area (Å²) in [5.74, 6) is 0. The molecular weight excluding hydrogens is 160 g/mol. The van der Waals surface area contributed by atoms with Crippen molar-refractivity contribution in [3.63, 3.8) is 0 Å². The number of unbranched alkanes of at least 4 members (excludes halogenated alkanes) is 6. The van der Waals surface area contributed by atoms with Crippen molar-refractivity contribution in [2.45, 2.75) is 58.8 Å². The molecule has 0 aliphatic heterocycles. The van der Waals surface area contributed by atoms with Crippen molar-refractivity contribution in [2.75, 3.05) is 0 Å². The summed E-state index contributed by atoms with van der Waals surface area (Å²) in [5.41, 5.74) is 0. The summed E-state index contributed by atoms with van der Waals surface area (Å²) in [6.45, 7) is 4.53. The maximum Gasteiger partial charge on any atom is 0.0579 e. The number of hydrogen-bond donors (Lipinski definition) is 1. The fourth-order valence-corrected chi connectivity index (χ4v) is 1.03. The highest BCUT2D eigenvalue weighted by Crippen LogP contribution is 2.05. The topological polar surface area (TPSA) is 20.2 Å². The maximum absolute atomic E-state index is 6.47. The predicted molar refractivity (Wildman–Crippen MR) is 51.7 cm³/mol. The molecule has 0 saturated heterocycles. The summed E-state index contributed by atoms with van der Waals surface area (Å²) in [7, 11) is 0. The maximum atomic E-state index is 6.47. The van der Waals surface area contributed by atoms with Gasteiger partial charge in [-0.3, -0.25) is 4.66 Å². The Balaban J connectivity index is 0. The van der Waals surface area contributed by atoms with E-state index in [1.54, 1.807) is 0 Å². The standard InChI is InChI=1S/C9H20.ClHO/c1-3-5-7-9-8-6-4-2;1-2/h3-9H2,1-2H3;2H. The average Bonchev–Trinajstić information content (AvgIpc) is 2.08. The summed E-state index contributed by atoms with van der Waals surface area (Å²) >= 11 is 3.64. The van der Waals surface area contributed by atoms with E-state index < -0.39 is 0 Å². The molecule has 2 heteroatoms. The van der Waals surface area contributed by atoms with Crippen molar-refractivity contribution < 1.29 is 4.66 Å². The van der Waals surface area contributed by atoms with E-state index in [2.05, 4.69) is 25.7 Å². The molecule has 0 aromatic carbocycles. The summed E-state index contributed by atoms with van der Waals surface area (Å²) < 4.78 is 6.47. The number of rotatable bonds is 6. The van der Waals surface area contributed by atoms with Gasteiger partial charge in [0.2, 0.25) is 0 Å². The quantitative estimate of drug-likeness (QED) is 0.615. The normalized spacial score (nSPS) is 8.73. The fraction of sp³-hybridized carbons (Fsp3) is 1.00. The minimum absolute atomic E-state index is 1.37. The molecule has 0 unspecified atom stereocenters. The highest BCUT2D eigenvalue weighted by Gasteiger charge is 1.85. The predicted octanol–water partition coefficient (Wildman–Crippen LogP) is 3.89. The Bertz CT molecular complexity index is 42.8. The zero-order valence-electron chi connectivity index (χ0n) is 7.77. The summed E-state index contributed by atoms with van der Waals surface area (Å²) in [6, 6.07) is 0. The van der Waals surface area contributed by atoms with E-state index in [4.69, 9.17) is 4.66 Å². The van der Waals surface area contributed by atoms with E-state index >= 15 is 0 Å². The second-order valence-electron chi connectivity index (χ2n) is 2.77. The minimum Gasteiger partial charge on any atom is -0.295 e. The van der Waals surface area contributed by atoms with Gasteiger partial charge < -0.3 is 0 Å². The lowest BCUT2D eigenvalue weighted by Crippen LogP contribution is -1.76. The van der Waals surface area contributed by atoms with Crippen molar-refractivity contribution in [1.29, 1.82) is 0 Å². The van der Waals surface area contributed by atoms with Gasteiger partial charge in [0.05, 0.1) is 11.9 Å². The Hall–Kier alpha value is 0.250. The highest BCUT2D eigenvalue weighted by atomic mass is 35.5. The molecule has 0 aromatic rings. The first-order chi connectivity index (χ1) is 5.41. The van der Waals surface area contributed by atoms with Gasteiger partial charge in [0.25, 0.3) is 0 Å². The molecule has 0 bridgehead atoms. The molecule has 0 aliphatic carbocycles. The smallest absolute Gasteiger partial charge is 0.0579 e. The average molecular weight is 181 g/mol. The van der Waals surface area contributed by atoms with Crippen LogP contribution in [0, 0.1) is 0 Å². The van der Waals surface area contributed by atoms with Crippen molar-refractivity contribution >= 4 is 11.9 Å². The Labute approximate surface area is 75.9 Å². The molecule has 1 nitrogen and oxygen atoms in total. The van der Waals surface area contributed by atoms with Crippen LogP contribution in [-0.4, -0.2) is 4.66 Å². The van der Waals surface area contributed by atoms with Gasteiger partial charge in [-0.05, 0) is 0 Å². The molecule has 11 heavy (non-hydrogen) atoms. The van der Waals surface area contributed by atoms with Gasteiger partial charge in [-0.25, -0.2) is 0 Å². The van der Waals surface area contributed by atoms with E-state index in [9.17, 15) is 0 Å². The van der Waals surface area contributed by atoms with Gasteiger partial charge in [-0.1, -0.05) is 58.8 Å². The third-order valence-corrected chi connectivity index (χ3v) is 1.71. The van der Waals surface area contributed by atoms with Crippen molar-refractivity contribution in [3.05, 3.63) is 0 Å². The Kier molecular flexibility index (Phi) is 21.0. The zero-order valence-corrected chi connectivity index (χ0v) is 8.53. The summed E-state index contributed by atoms with van der Waals surface area (Å²) in [5, 5.41) is 0. The second-order valence-corrected chi connectivity index (χ2v) is 2.77. The van der Waals surface area contributed by atoms with Gasteiger partial charge in [0.1, 0.15) is 0 Å². The van der Waals surface area contributed by atoms with Gasteiger partial charge >= 0.3 is 0 Å². The van der Waals surface area contributed by atoms with Gasteiger partial charge in [0, 0.05) is 0 Å². The van der Waals surface area contributed by atoms with E-state index in [1.165, 1.54) is 44.9 Å². The molecule has 0 fully saturated rings. The van der Waals surface area contributed by atoms with Crippen molar-refractivity contribution in [1.82, 2.24) is 0 Å². The van der Waals surface area contributed by atoms with Crippen LogP contribution in [0.4, 0.5) is 0 Å². The molecular formula is C9H21ClO. The van der Waals surface area contributed by atoms with Crippen LogP contribution in [0.15, 0.2) is 0 Å². The van der Waals surface area contributed by atoms with Crippen molar-refractivity contribution in [3.8, 4) is 0 Å². The first-order valence-electron chi connectivity index (χ1n) is 4.58. The van der Waals surface area contributed by atoms with Gasteiger partial charge in [-0.2, -0.15) is 0 Å². The van der Waals surface area contributed by atoms with E-state index in [1.807, 2.05) is 0 Å². The van der Waals surface area contributed by atoms with Gasteiger partial charge in [-0.15, -0.1) is 0 Å². The van der Waals surface area contributed by atoms with Crippen LogP contribution in [0.3, 0.4) is 0 Å². The summed E-state index contributed by atoms with van der Waals surface area (Å²) in [4.78, 5) is 0. The highest BCUT2D eigenvalue weighted by molar-refractivity contribution is 6.04. The van der Waals surface area contributed by atoms with Crippen LogP contribution < -0.4 is 0 Å². The zero-order chi connectivity index (χ0) is 8.95. The van der Waals surface area contributed by atoms with Crippen LogP contribution in [0.1, 0.15) is 58.8 Å². The Morgan fingerprint density at radius 3 is 1.27 bits per heavy atom. The molecule has 0 spiro atoms. The first-order valence-corrected chi connectivity index (χ1v) is 4.92. The molecule has 1 N–H and O–H groups in total. The Morgan fingerprint density at radius 1 is 0.727 bits per heavy atom. The van der Waals surface area contributed by atoms with Crippen LogP contribution in [0.2, 0.25) is 0 Å². The largest absolute Gasteiger partial charge is 0.295 e. The third kappa shape index (κ3) is 17.9. The van der Waals surface area contributed by atoms with Crippen molar-refractivity contribution in [2.24, 2.45) is 0 Å². The van der Waals surface area contributed by atoms with E-state index in [-0.39, 0.29) is 0 Å². The van der Waals surface area contributed by atoms with Crippen LogP contribution in [-0.2, 0) is 0 Å². The van der Waals surface area contributed by atoms with Gasteiger partial charge in [0.15, 0.2) is 0 Å². The van der Waals surface area contributed by atoms with E-state index in [0.717, 1.165) is 0 Å². The number of halogens is 1. The van der Waals surface area contributed by atoms with Crippen LogP contribution >= 0.6 is 11.9 Å². The second kappa shape index (κ2) is 16.7. The summed E-state index contributed by atoms with van der Waals surface area (Å²) in [6.07, 6.45) is 9.97. The monoisotopic (exact) mass is 180 g/mol. The van der Waals surface area contributed by atoms with Crippen LogP contribution in [0.5, 0.6) is 0 Å². The molecule has 0 heterocycles. The Morgan fingerprint density at radius 2 is 1.00 bits per heavy atom. The molecule has 0 aliphatic rings. The minimum atomic E-state index is 1.37. The molecule has 0 saturated carbocycles. The molecule has 70 valence electrons. The molecule has 0 aromatic heterocycles. The van der Waals surface area contributed by atoms with Crippen LogP contribution in [0.25, 0.3) is 0 Å². The molecule has 0 atom stereocenters. The van der Waals surface area contributed by atoms with E-state index in [0.29, 0.717) is 0 Å². The molecule has 0 radical (unpaired) electrons. The number of hydrogen-bond acceptors (Lipinski definition) is 1.